The summed E-state index contributed by atoms with van der Waals surface area (Å²) in [6.07, 6.45) is 11.1. The van der Waals surface area contributed by atoms with Gasteiger partial charge in [-0.1, -0.05) is 77.7 Å². The molecule has 264 valence electrons. The van der Waals surface area contributed by atoms with Gasteiger partial charge in [-0.3, -0.25) is 0 Å². The normalized spacial score (nSPS) is 15.9. The summed E-state index contributed by atoms with van der Waals surface area (Å²) >= 11 is 3.72. The topological polar surface area (TPSA) is 16.4 Å². The average Bonchev–Trinajstić information content (AvgIpc) is 3.86. The van der Waals surface area contributed by atoms with E-state index in [2.05, 4.69) is 183 Å². The standard InChI is InChI=1S/C47H44N2OS3/c1-5-48-41-27-17-33(3)31-43(41)51-45(48)29-21-35-19-20-36(22-30-46-49(6-2)42-28-18-34(4)32-44(42)52-46)47(35)50-37-23-25-40(26-24-37)53(38-13-9-7-10-14-38)39-15-11-8-12-16-39/h7-18,21-32H,5-6,19-20H2,1-4H3/q+2. The van der Waals surface area contributed by atoms with E-state index >= 15 is 0 Å². The molecular formula is C47H44N2OS3+2. The van der Waals surface area contributed by atoms with Gasteiger partial charge in [-0.05, 0) is 142 Å². The van der Waals surface area contributed by atoms with Gasteiger partial charge in [0.25, 0.3) is 5.01 Å². The molecule has 1 aliphatic carbocycles. The summed E-state index contributed by atoms with van der Waals surface area (Å²) in [4.78, 5) is 7.62. The van der Waals surface area contributed by atoms with Crippen LogP contribution in [0.3, 0.4) is 0 Å². The number of thioether (sulfide) groups is 1. The van der Waals surface area contributed by atoms with Crippen molar-refractivity contribution >= 4 is 56.0 Å². The maximum atomic E-state index is 6.92. The second-order valence-corrected chi connectivity index (χ2v) is 17.5. The van der Waals surface area contributed by atoms with Crippen LogP contribution in [0.1, 0.15) is 42.8 Å². The second kappa shape index (κ2) is 15.7. The molecule has 1 aromatic heterocycles. The Morgan fingerprint density at radius 3 is 2.11 bits per heavy atom. The molecular weight excluding hydrogens is 705 g/mol. The quantitative estimate of drug-likeness (QED) is 0.103. The second-order valence-electron chi connectivity index (χ2n) is 13.4. The summed E-state index contributed by atoms with van der Waals surface area (Å²) in [5.74, 6) is 1.82. The number of rotatable bonds is 10. The fraction of sp³-hybridized carbons (Fsp3) is 0.170. The first-order valence-electron chi connectivity index (χ1n) is 18.4. The van der Waals surface area contributed by atoms with Gasteiger partial charge in [-0.15, -0.1) is 0 Å². The number of fused-ring (bicyclic) bond motifs is 2. The van der Waals surface area contributed by atoms with Crippen molar-refractivity contribution in [3.63, 3.8) is 0 Å². The van der Waals surface area contributed by atoms with Gasteiger partial charge in [-0.25, -0.2) is 0 Å². The summed E-state index contributed by atoms with van der Waals surface area (Å²) in [6, 6.07) is 43.9. The molecule has 8 rings (SSSR count). The zero-order chi connectivity index (χ0) is 36.3. The smallest absolute Gasteiger partial charge is 0.262 e. The first kappa shape index (κ1) is 35.3. The number of allylic oxidation sites excluding steroid dienone is 5. The summed E-state index contributed by atoms with van der Waals surface area (Å²) < 4.78 is 10.7. The number of benzene rings is 5. The number of thiazole rings is 1. The van der Waals surface area contributed by atoms with Crippen LogP contribution in [0.4, 0.5) is 5.69 Å². The van der Waals surface area contributed by atoms with E-state index in [1.54, 1.807) is 0 Å². The molecule has 3 nitrogen and oxygen atoms in total. The van der Waals surface area contributed by atoms with Crippen LogP contribution < -0.4 is 14.2 Å². The molecule has 2 heterocycles. The Hall–Kier alpha value is -4.75. The molecule has 0 atom stereocenters. The fourth-order valence-electron chi connectivity index (χ4n) is 7.10. The molecule has 0 spiro atoms. The molecule has 6 heteroatoms. The Balaban J connectivity index is 1.15. The van der Waals surface area contributed by atoms with Crippen LogP contribution in [0.25, 0.3) is 16.3 Å². The highest BCUT2D eigenvalue weighted by molar-refractivity contribution is 8.03. The van der Waals surface area contributed by atoms with E-state index in [0.717, 1.165) is 37.4 Å². The lowest BCUT2D eigenvalue weighted by atomic mass is 10.2. The lowest BCUT2D eigenvalue weighted by Gasteiger charge is -2.17. The first-order valence-corrected chi connectivity index (χ1v) is 21.3. The first-order chi connectivity index (χ1) is 26.0. The Morgan fingerprint density at radius 2 is 1.42 bits per heavy atom. The van der Waals surface area contributed by atoms with E-state index < -0.39 is 0 Å². The number of hydrogen-bond acceptors (Lipinski definition) is 4. The molecule has 0 bridgehead atoms. The number of ether oxygens (including phenoxy) is 1. The average molecular weight is 749 g/mol. The fourth-order valence-corrected chi connectivity index (χ4v) is 11.6. The Morgan fingerprint density at radius 1 is 0.736 bits per heavy atom. The van der Waals surface area contributed by atoms with Gasteiger partial charge in [0.1, 0.15) is 22.8 Å². The summed E-state index contributed by atoms with van der Waals surface area (Å²) in [6.45, 7) is 10.6. The van der Waals surface area contributed by atoms with Crippen LogP contribution >= 0.6 is 23.1 Å². The van der Waals surface area contributed by atoms with Crippen molar-refractivity contribution in [1.29, 1.82) is 0 Å². The predicted molar refractivity (Wildman–Crippen MR) is 226 cm³/mol. The maximum absolute atomic E-state index is 6.92. The number of aryl methyl sites for hydroxylation is 3. The summed E-state index contributed by atoms with van der Waals surface area (Å²) in [5.41, 5.74) is 7.63. The van der Waals surface area contributed by atoms with Crippen LogP contribution in [0.15, 0.2) is 181 Å². The van der Waals surface area contributed by atoms with Crippen molar-refractivity contribution in [2.24, 2.45) is 0 Å². The molecule has 0 N–H and O–H groups in total. The Labute approximate surface area is 325 Å². The third kappa shape index (κ3) is 7.41. The van der Waals surface area contributed by atoms with E-state index in [1.165, 1.54) is 67.8 Å². The molecule has 0 fully saturated rings. The number of aromatic nitrogens is 1. The summed E-state index contributed by atoms with van der Waals surface area (Å²) in [7, 11) is -0.210. The number of hydrogen-bond donors (Lipinski definition) is 0. The largest absolute Gasteiger partial charge is 0.457 e. The van der Waals surface area contributed by atoms with Crippen molar-refractivity contribution in [3.05, 3.63) is 178 Å². The highest BCUT2D eigenvalue weighted by Crippen LogP contribution is 2.46. The van der Waals surface area contributed by atoms with Crippen LogP contribution in [0.2, 0.25) is 0 Å². The van der Waals surface area contributed by atoms with Crippen molar-refractivity contribution in [1.82, 2.24) is 0 Å². The van der Waals surface area contributed by atoms with Crippen molar-refractivity contribution in [3.8, 4) is 5.75 Å². The Bertz CT molecular complexity index is 2350. The molecule has 5 aromatic carbocycles. The molecule has 0 unspecified atom stereocenters. The van der Waals surface area contributed by atoms with Crippen LogP contribution in [0, 0.1) is 13.8 Å². The van der Waals surface area contributed by atoms with Crippen LogP contribution in [-0.4, -0.2) is 6.54 Å². The summed E-state index contributed by atoms with van der Waals surface area (Å²) in [5, 5.41) is 2.51. The molecule has 6 aromatic rings. The van der Waals surface area contributed by atoms with Gasteiger partial charge in [0, 0.05) is 23.6 Å². The predicted octanol–water partition coefficient (Wildman–Crippen LogP) is 12.5. The van der Waals surface area contributed by atoms with Gasteiger partial charge in [-0.2, -0.15) is 4.57 Å². The van der Waals surface area contributed by atoms with E-state index in [9.17, 15) is 0 Å². The van der Waals surface area contributed by atoms with E-state index in [4.69, 9.17) is 4.74 Å². The minimum atomic E-state index is -0.210. The van der Waals surface area contributed by atoms with Gasteiger partial charge < -0.3 is 9.64 Å². The van der Waals surface area contributed by atoms with Crippen LogP contribution in [-0.2, 0) is 17.4 Å². The maximum Gasteiger partial charge on any atom is 0.262 e. The van der Waals surface area contributed by atoms with E-state index in [-0.39, 0.29) is 10.9 Å². The van der Waals surface area contributed by atoms with Gasteiger partial charge in [0.05, 0.1) is 21.6 Å². The molecule has 1 aliphatic heterocycles. The highest BCUT2D eigenvalue weighted by atomic mass is 32.2. The van der Waals surface area contributed by atoms with Crippen molar-refractivity contribution in [2.45, 2.75) is 66.7 Å². The number of anilines is 1. The van der Waals surface area contributed by atoms with Crippen LogP contribution in [0.5, 0.6) is 5.75 Å². The molecule has 0 amide bonds. The lowest BCUT2D eigenvalue weighted by Crippen LogP contribution is -2.33. The number of nitrogens with zero attached hydrogens (tertiary/aromatic N) is 2. The minimum absolute atomic E-state index is 0.210. The monoisotopic (exact) mass is 748 g/mol. The molecule has 53 heavy (non-hydrogen) atoms. The minimum Gasteiger partial charge on any atom is -0.457 e. The van der Waals surface area contributed by atoms with E-state index in [0.29, 0.717) is 0 Å². The molecule has 0 saturated heterocycles. The van der Waals surface area contributed by atoms with Crippen molar-refractivity contribution < 1.29 is 9.30 Å². The third-order valence-electron chi connectivity index (χ3n) is 9.74. The zero-order valence-electron chi connectivity index (χ0n) is 30.7. The van der Waals surface area contributed by atoms with E-state index in [1.807, 2.05) is 23.1 Å². The Kier molecular flexibility index (Phi) is 10.4. The van der Waals surface area contributed by atoms with Crippen molar-refractivity contribution in [2.75, 3.05) is 11.4 Å². The molecule has 2 aliphatic rings. The van der Waals surface area contributed by atoms with Gasteiger partial charge >= 0.3 is 0 Å². The molecule has 0 radical (unpaired) electrons. The SMILES string of the molecule is CCN1/C(=C/C=C2\CCC(/C=C/c3sc4cc(C)ccc4[n+]3CC)=C2Oc2ccc([S+](c3ccccc3)c3ccccc3)cc2)Sc2cc(C)ccc21. The van der Waals surface area contributed by atoms with Gasteiger partial charge in [0.2, 0.25) is 5.52 Å². The zero-order valence-corrected chi connectivity index (χ0v) is 33.2. The highest BCUT2D eigenvalue weighted by Gasteiger charge is 2.29. The van der Waals surface area contributed by atoms with Gasteiger partial charge in [0.15, 0.2) is 14.7 Å². The third-order valence-corrected chi connectivity index (χ3v) is 14.2. The molecule has 0 saturated carbocycles. The lowest BCUT2D eigenvalue weighted by molar-refractivity contribution is -0.665.